The summed E-state index contributed by atoms with van der Waals surface area (Å²) in [6.45, 7) is 0.963. The van der Waals surface area contributed by atoms with E-state index in [0.29, 0.717) is 30.7 Å². The molecule has 3 rings (SSSR count). The summed E-state index contributed by atoms with van der Waals surface area (Å²) in [7, 11) is 0. The van der Waals surface area contributed by atoms with Crippen molar-refractivity contribution >= 4 is 11.5 Å². The van der Waals surface area contributed by atoms with Crippen LogP contribution in [0.5, 0.6) is 5.75 Å². The highest BCUT2D eigenvalue weighted by molar-refractivity contribution is 5.41. The number of aromatic nitrogens is 2. The number of nitrogens with two attached hydrogens (primary N) is 1. The highest BCUT2D eigenvalue weighted by atomic mass is 16.5. The van der Waals surface area contributed by atoms with Gasteiger partial charge in [-0.15, -0.1) is 0 Å². The highest BCUT2D eigenvalue weighted by Crippen LogP contribution is 2.33. The number of nitrogen functional groups attached to an aromatic ring is 1. The zero-order valence-corrected chi connectivity index (χ0v) is 11.7. The first-order valence-corrected chi connectivity index (χ1v) is 7.03. The zero-order chi connectivity index (χ0) is 14.7. The van der Waals surface area contributed by atoms with Crippen LogP contribution in [0.2, 0.25) is 0 Å². The minimum Gasteiger partial charge on any atom is -0.492 e. The molecule has 3 N–H and O–H groups in total. The molecule has 0 unspecified atom stereocenters. The molecule has 1 aromatic carbocycles. The lowest BCUT2D eigenvalue weighted by Gasteiger charge is -2.09. The fraction of sp³-hybridized carbons (Fsp3) is 0.333. The van der Waals surface area contributed by atoms with Crippen molar-refractivity contribution in [2.75, 3.05) is 24.2 Å². The van der Waals surface area contributed by atoms with Gasteiger partial charge < -0.3 is 20.4 Å². The molecule has 1 aliphatic carbocycles. The van der Waals surface area contributed by atoms with Crippen molar-refractivity contribution in [3.05, 3.63) is 47.0 Å². The van der Waals surface area contributed by atoms with Gasteiger partial charge in [0.2, 0.25) is 0 Å². The zero-order valence-electron chi connectivity index (χ0n) is 11.7. The van der Waals surface area contributed by atoms with Crippen molar-refractivity contribution in [2.45, 2.75) is 18.9 Å². The molecular formula is C15H18N4O2. The minimum absolute atomic E-state index is 0.0625. The molecule has 0 radical (unpaired) electrons. The number of ether oxygens (including phenoxy) is 1. The Morgan fingerprint density at radius 2 is 2.10 bits per heavy atom. The molecule has 1 heterocycles. The normalized spacial score (nSPS) is 13.9. The Morgan fingerprint density at radius 1 is 1.33 bits per heavy atom. The summed E-state index contributed by atoms with van der Waals surface area (Å²) in [4.78, 5) is 16.2. The number of hydrogen-bond donors (Lipinski definition) is 2. The standard InChI is InChI=1S/C15H18N4O2/c16-11-1-5-13(6-2-11)21-10-8-18-14-15(20)19(9-7-17-14)12-3-4-12/h1-2,5-7,9,12H,3-4,8,10,16H2,(H,17,18). The Hall–Kier alpha value is -2.50. The van der Waals surface area contributed by atoms with Crippen molar-refractivity contribution in [3.8, 4) is 5.75 Å². The number of nitrogens with zero attached hydrogens (tertiary/aromatic N) is 2. The predicted molar refractivity (Wildman–Crippen MR) is 81.6 cm³/mol. The quantitative estimate of drug-likeness (QED) is 0.623. The number of nitrogens with one attached hydrogen (secondary N) is 1. The fourth-order valence-electron chi connectivity index (χ4n) is 2.09. The topological polar surface area (TPSA) is 82.2 Å². The molecule has 0 atom stereocenters. The average molecular weight is 286 g/mol. The van der Waals surface area contributed by atoms with Crippen LogP contribution in [0.1, 0.15) is 18.9 Å². The van der Waals surface area contributed by atoms with E-state index in [-0.39, 0.29) is 5.56 Å². The second kappa shape index (κ2) is 5.87. The maximum Gasteiger partial charge on any atom is 0.293 e. The number of rotatable bonds is 6. The van der Waals surface area contributed by atoms with Gasteiger partial charge in [0.25, 0.3) is 5.56 Å². The molecule has 21 heavy (non-hydrogen) atoms. The van der Waals surface area contributed by atoms with E-state index in [1.165, 1.54) is 0 Å². The first kappa shape index (κ1) is 13.5. The van der Waals surface area contributed by atoms with Crippen LogP contribution >= 0.6 is 0 Å². The summed E-state index contributed by atoms with van der Waals surface area (Å²) in [5, 5.41) is 3.02. The van der Waals surface area contributed by atoms with Gasteiger partial charge in [-0.1, -0.05) is 0 Å². The van der Waals surface area contributed by atoms with Crippen molar-refractivity contribution < 1.29 is 4.74 Å². The van der Waals surface area contributed by atoms with Gasteiger partial charge in [-0.3, -0.25) is 4.79 Å². The van der Waals surface area contributed by atoms with Crippen molar-refractivity contribution in [3.63, 3.8) is 0 Å². The van der Waals surface area contributed by atoms with Crippen molar-refractivity contribution in [1.29, 1.82) is 0 Å². The number of hydrogen-bond acceptors (Lipinski definition) is 5. The molecular weight excluding hydrogens is 268 g/mol. The Kier molecular flexibility index (Phi) is 3.77. The van der Waals surface area contributed by atoms with Crippen LogP contribution in [0, 0.1) is 0 Å². The maximum atomic E-state index is 12.1. The summed E-state index contributed by atoms with van der Waals surface area (Å²) in [5.74, 6) is 1.13. The first-order valence-electron chi connectivity index (χ1n) is 7.03. The Labute approximate surface area is 122 Å². The van der Waals surface area contributed by atoms with Gasteiger partial charge in [0.05, 0.1) is 6.54 Å². The van der Waals surface area contributed by atoms with Crippen molar-refractivity contribution in [2.24, 2.45) is 0 Å². The lowest BCUT2D eigenvalue weighted by molar-refractivity contribution is 0.332. The van der Waals surface area contributed by atoms with Crippen LogP contribution in [0.25, 0.3) is 0 Å². The predicted octanol–water partition coefficient (Wildman–Crippen LogP) is 1.65. The number of benzene rings is 1. The molecule has 2 aromatic rings. The van der Waals surface area contributed by atoms with E-state index >= 15 is 0 Å². The largest absolute Gasteiger partial charge is 0.492 e. The van der Waals surface area contributed by atoms with E-state index in [1.807, 2.05) is 12.1 Å². The molecule has 0 aliphatic heterocycles. The van der Waals surface area contributed by atoms with Crippen LogP contribution in [0.4, 0.5) is 11.5 Å². The van der Waals surface area contributed by atoms with E-state index in [1.54, 1.807) is 29.1 Å². The number of anilines is 2. The molecule has 1 fully saturated rings. The van der Waals surface area contributed by atoms with Gasteiger partial charge >= 0.3 is 0 Å². The smallest absolute Gasteiger partial charge is 0.293 e. The third kappa shape index (κ3) is 3.34. The van der Waals surface area contributed by atoms with Gasteiger partial charge in [-0.25, -0.2) is 4.98 Å². The maximum absolute atomic E-state index is 12.1. The van der Waals surface area contributed by atoms with E-state index in [4.69, 9.17) is 10.5 Å². The highest BCUT2D eigenvalue weighted by Gasteiger charge is 2.25. The van der Waals surface area contributed by atoms with Crippen LogP contribution in [0.15, 0.2) is 41.5 Å². The molecule has 0 saturated heterocycles. The molecule has 110 valence electrons. The lowest BCUT2D eigenvalue weighted by atomic mass is 10.3. The second-order valence-electron chi connectivity index (χ2n) is 5.06. The molecule has 6 heteroatoms. The van der Waals surface area contributed by atoms with Gasteiger partial charge in [0.15, 0.2) is 5.82 Å². The van der Waals surface area contributed by atoms with Gasteiger partial charge in [-0.2, -0.15) is 0 Å². The molecule has 1 aromatic heterocycles. The summed E-state index contributed by atoms with van der Waals surface area (Å²) >= 11 is 0. The van der Waals surface area contributed by atoms with Crippen molar-refractivity contribution in [1.82, 2.24) is 9.55 Å². The summed E-state index contributed by atoms with van der Waals surface area (Å²) in [6.07, 6.45) is 5.55. The van der Waals surface area contributed by atoms with Gasteiger partial charge in [0.1, 0.15) is 12.4 Å². The molecule has 0 amide bonds. The summed E-state index contributed by atoms with van der Waals surface area (Å²) < 4.78 is 7.30. The Morgan fingerprint density at radius 3 is 2.81 bits per heavy atom. The monoisotopic (exact) mass is 286 g/mol. The van der Waals surface area contributed by atoms with Crippen LogP contribution in [-0.2, 0) is 0 Å². The van der Waals surface area contributed by atoms with Gasteiger partial charge in [0, 0.05) is 24.1 Å². The molecule has 6 nitrogen and oxygen atoms in total. The molecule has 0 bridgehead atoms. The third-order valence-electron chi connectivity index (χ3n) is 3.35. The minimum atomic E-state index is -0.0625. The van der Waals surface area contributed by atoms with E-state index in [2.05, 4.69) is 10.3 Å². The summed E-state index contributed by atoms with van der Waals surface area (Å²) in [5.41, 5.74) is 6.25. The third-order valence-corrected chi connectivity index (χ3v) is 3.35. The Bertz CT molecular complexity index is 662. The van der Waals surface area contributed by atoms with E-state index in [0.717, 1.165) is 18.6 Å². The Balaban J connectivity index is 1.52. The van der Waals surface area contributed by atoms with Crippen LogP contribution in [-0.4, -0.2) is 22.7 Å². The van der Waals surface area contributed by atoms with E-state index in [9.17, 15) is 4.79 Å². The average Bonchev–Trinajstić information content (AvgIpc) is 3.31. The van der Waals surface area contributed by atoms with Crippen LogP contribution in [0.3, 0.4) is 0 Å². The van der Waals surface area contributed by atoms with E-state index < -0.39 is 0 Å². The molecule has 1 saturated carbocycles. The lowest BCUT2D eigenvalue weighted by Crippen LogP contribution is -2.25. The second-order valence-corrected chi connectivity index (χ2v) is 5.06. The van der Waals surface area contributed by atoms with Crippen LogP contribution < -0.4 is 21.3 Å². The molecule has 0 spiro atoms. The fourth-order valence-corrected chi connectivity index (χ4v) is 2.09. The van der Waals surface area contributed by atoms with Gasteiger partial charge in [-0.05, 0) is 37.1 Å². The molecule has 1 aliphatic rings. The SMILES string of the molecule is Nc1ccc(OCCNc2nccn(C3CC3)c2=O)cc1. The summed E-state index contributed by atoms with van der Waals surface area (Å²) in [6, 6.07) is 7.56. The first-order chi connectivity index (χ1) is 10.2.